The molecule has 1 heterocycles. The average Bonchev–Trinajstić information content (AvgIpc) is 2.75. The maximum absolute atomic E-state index is 11.5. The highest BCUT2D eigenvalue weighted by atomic mass is 127. The first-order valence-corrected chi connectivity index (χ1v) is 7.08. The van der Waals surface area contributed by atoms with Crippen molar-refractivity contribution in [1.29, 1.82) is 0 Å². The van der Waals surface area contributed by atoms with Crippen LogP contribution in [-0.4, -0.2) is 25.7 Å². The molecule has 0 saturated carbocycles. The predicted molar refractivity (Wildman–Crippen MR) is 86.1 cm³/mol. The maximum Gasteiger partial charge on any atom is 0.326 e. The fourth-order valence-corrected chi connectivity index (χ4v) is 2.54. The van der Waals surface area contributed by atoms with Crippen molar-refractivity contribution >= 4 is 40.6 Å². The van der Waals surface area contributed by atoms with Crippen molar-refractivity contribution < 1.29 is 19.1 Å². The molecule has 1 fully saturated rings. The van der Waals surface area contributed by atoms with Crippen LogP contribution in [0.4, 0.5) is 4.79 Å². The van der Waals surface area contributed by atoms with Gasteiger partial charge < -0.3 is 14.8 Å². The minimum absolute atomic E-state index is 0.192. The van der Waals surface area contributed by atoms with Crippen LogP contribution in [0.1, 0.15) is 5.56 Å². The Bertz CT molecular complexity index is 640. The molecule has 0 atom stereocenters. The van der Waals surface area contributed by atoms with Gasteiger partial charge in [-0.25, -0.2) is 4.79 Å². The van der Waals surface area contributed by atoms with Gasteiger partial charge in [0.25, 0.3) is 5.91 Å². The van der Waals surface area contributed by atoms with Crippen molar-refractivity contribution in [2.24, 2.45) is 0 Å². The van der Waals surface area contributed by atoms with Crippen LogP contribution in [-0.2, 0) is 4.79 Å². The lowest BCUT2D eigenvalue weighted by atomic mass is 10.1. The van der Waals surface area contributed by atoms with E-state index in [4.69, 9.17) is 9.47 Å². The van der Waals surface area contributed by atoms with Gasteiger partial charge in [0.15, 0.2) is 11.5 Å². The van der Waals surface area contributed by atoms with E-state index < -0.39 is 11.9 Å². The summed E-state index contributed by atoms with van der Waals surface area (Å²) in [5.74, 6) is 0.696. The third-order valence-electron chi connectivity index (χ3n) is 2.63. The van der Waals surface area contributed by atoms with Crippen LogP contribution in [0, 0.1) is 3.57 Å². The van der Waals surface area contributed by atoms with Crippen LogP contribution in [0.5, 0.6) is 11.5 Å². The molecule has 0 aromatic heterocycles. The normalized spacial score (nSPS) is 15.6. The van der Waals surface area contributed by atoms with Crippen molar-refractivity contribution in [3.05, 3.63) is 39.6 Å². The number of ether oxygens (including phenoxy) is 2. The van der Waals surface area contributed by atoms with Crippen LogP contribution >= 0.6 is 22.6 Å². The molecular formula is C14H13IN2O4. The van der Waals surface area contributed by atoms with E-state index in [9.17, 15) is 9.59 Å². The molecule has 110 valence electrons. The minimum atomic E-state index is -0.529. The summed E-state index contributed by atoms with van der Waals surface area (Å²) in [4.78, 5) is 22.6. The van der Waals surface area contributed by atoms with Crippen LogP contribution in [0.25, 0.3) is 6.08 Å². The number of methoxy groups -OCH3 is 1. The van der Waals surface area contributed by atoms with Gasteiger partial charge in [-0.1, -0.05) is 12.7 Å². The Balaban J connectivity index is 2.36. The molecular weight excluding hydrogens is 387 g/mol. The van der Waals surface area contributed by atoms with E-state index in [-0.39, 0.29) is 5.70 Å². The number of imide groups is 1. The molecule has 0 radical (unpaired) electrons. The zero-order valence-electron chi connectivity index (χ0n) is 11.2. The van der Waals surface area contributed by atoms with E-state index in [1.54, 1.807) is 18.2 Å². The average molecular weight is 400 g/mol. The van der Waals surface area contributed by atoms with E-state index in [1.807, 2.05) is 6.07 Å². The molecule has 7 heteroatoms. The molecule has 2 rings (SSSR count). The summed E-state index contributed by atoms with van der Waals surface area (Å²) in [7, 11) is 1.53. The van der Waals surface area contributed by atoms with E-state index in [0.29, 0.717) is 18.1 Å². The molecule has 21 heavy (non-hydrogen) atoms. The van der Waals surface area contributed by atoms with E-state index in [0.717, 1.165) is 9.13 Å². The zero-order chi connectivity index (χ0) is 15.4. The number of hydrogen-bond acceptors (Lipinski definition) is 4. The third-order valence-corrected chi connectivity index (χ3v) is 3.43. The Morgan fingerprint density at radius 1 is 1.33 bits per heavy atom. The Hall–Kier alpha value is -2.03. The number of carbonyl (C=O) groups excluding carboxylic acids is 2. The second-order valence-corrected chi connectivity index (χ2v) is 5.26. The first-order chi connectivity index (χ1) is 10.0. The molecule has 0 aliphatic carbocycles. The topological polar surface area (TPSA) is 76.7 Å². The quantitative estimate of drug-likeness (QED) is 0.343. The van der Waals surface area contributed by atoms with E-state index in [1.165, 1.54) is 7.11 Å². The number of rotatable bonds is 5. The predicted octanol–water partition coefficient (Wildman–Crippen LogP) is 2.04. The summed E-state index contributed by atoms with van der Waals surface area (Å²) in [5, 5.41) is 4.58. The summed E-state index contributed by atoms with van der Waals surface area (Å²) < 4.78 is 11.7. The Morgan fingerprint density at radius 3 is 2.67 bits per heavy atom. The van der Waals surface area contributed by atoms with Gasteiger partial charge in [0.2, 0.25) is 0 Å². The lowest BCUT2D eigenvalue weighted by Crippen LogP contribution is -2.22. The molecule has 1 aliphatic rings. The van der Waals surface area contributed by atoms with Gasteiger partial charge in [-0.15, -0.1) is 0 Å². The maximum atomic E-state index is 11.5. The zero-order valence-corrected chi connectivity index (χ0v) is 13.4. The highest BCUT2D eigenvalue weighted by Crippen LogP contribution is 2.34. The molecule has 0 unspecified atom stereocenters. The van der Waals surface area contributed by atoms with Crippen molar-refractivity contribution in [3.63, 3.8) is 0 Å². The number of benzene rings is 1. The van der Waals surface area contributed by atoms with Crippen LogP contribution in [0.3, 0.4) is 0 Å². The Labute approximate surface area is 135 Å². The lowest BCUT2D eigenvalue weighted by molar-refractivity contribution is -0.115. The molecule has 0 spiro atoms. The second kappa shape index (κ2) is 6.61. The number of nitrogens with one attached hydrogen (secondary N) is 2. The summed E-state index contributed by atoms with van der Waals surface area (Å²) in [5.41, 5.74) is 0.909. The molecule has 1 saturated heterocycles. The van der Waals surface area contributed by atoms with E-state index in [2.05, 4.69) is 39.8 Å². The molecule has 1 aromatic carbocycles. The highest BCUT2D eigenvalue weighted by Gasteiger charge is 2.23. The van der Waals surface area contributed by atoms with Gasteiger partial charge in [0, 0.05) is 0 Å². The Kier molecular flexibility index (Phi) is 4.84. The summed E-state index contributed by atoms with van der Waals surface area (Å²) in [6.45, 7) is 3.97. The fourth-order valence-electron chi connectivity index (χ4n) is 1.75. The number of amides is 3. The molecule has 0 bridgehead atoms. The second-order valence-electron chi connectivity index (χ2n) is 4.10. The van der Waals surface area contributed by atoms with E-state index >= 15 is 0 Å². The lowest BCUT2D eigenvalue weighted by Gasteiger charge is -2.12. The Morgan fingerprint density at radius 2 is 2.10 bits per heavy atom. The van der Waals surface area contributed by atoms with Crippen LogP contribution in [0.2, 0.25) is 0 Å². The molecule has 1 aliphatic heterocycles. The van der Waals surface area contributed by atoms with Crippen LogP contribution < -0.4 is 20.1 Å². The molecule has 6 nitrogen and oxygen atoms in total. The highest BCUT2D eigenvalue weighted by molar-refractivity contribution is 14.1. The smallest absolute Gasteiger partial charge is 0.326 e. The summed E-state index contributed by atoms with van der Waals surface area (Å²) >= 11 is 2.11. The monoisotopic (exact) mass is 400 g/mol. The van der Waals surface area contributed by atoms with Crippen LogP contribution in [0.15, 0.2) is 30.5 Å². The SMILES string of the molecule is C=CCOc1c(I)cc(/C=C2\NC(=O)NC2=O)cc1OC. The van der Waals surface area contributed by atoms with Gasteiger partial charge in [-0.05, 0) is 46.4 Å². The van der Waals surface area contributed by atoms with Gasteiger partial charge >= 0.3 is 6.03 Å². The van der Waals surface area contributed by atoms with Crippen molar-refractivity contribution in [2.75, 3.05) is 13.7 Å². The summed E-state index contributed by atoms with van der Waals surface area (Å²) in [6.07, 6.45) is 3.21. The standard InChI is InChI=1S/C14H13IN2O4/c1-3-4-21-12-9(15)5-8(7-11(12)20-2)6-10-13(18)17-14(19)16-10/h3,5-7H,1,4H2,2H3,(H2,16,17,18,19)/b10-6-. The molecule has 2 N–H and O–H groups in total. The van der Waals surface area contributed by atoms with Gasteiger partial charge in [0.1, 0.15) is 12.3 Å². The first kappa shape index (κ1) is 15.4. The number of halogens is 1. The fraction of sp³-hybridized carbons (Fsp3) is 0.143. The molecule has 1 aromatic rings. The first-order valence-electron chi connectivity index (χ1n) is 6.00. The van der Waals surface area contributed by atoms with Gasteiger partial charge in [0.05, 0.1) is 10.7 Å². The largest absolute Gasteiger partial charge is 0.493 e. The van der Waals surface area contributed by atoms with Gasteiger partial charge in [-0.2, -0.15) is 0 Å². The van der Waals surface area contributed by atoms with Crippen molar-refractivity contribution in [3.8, 4) is 11.5 Å². The number of hydrogen-bond donors (Lipinski definition) is 2. The molecule has 3 amide bonds. The number of urea groups is 1. The number of carbonyl (C=O) groups is 2. The van der Waals surface area contributed by atoms with Crippen molar-refractivity contribution in [1.82, 2.24) is 10.6 Å². The van der Waals surface area contributed by atoms with Crippen molar-refractivity contribution in [2.45, 2.75) is 0 Å². The third kappa shape index (κ3) is 3.54. The van der Waals surface area contributed by atoms with Gasteiger partial charge in [-0.3, -0.25) is 10.1 Å². The minimum Gasteiger partial charge on any atom is -0.493 e. The summed E-state index contributed by atoms with van der Waals surface area (Å²) in [6, 6.07) is 3.02.